The van der Waals surface area contributed by atoms with Gasteiger partial charge < -0.3 is 15.3 Å². The van der Waals surface area contributed by atoms with Gasteiger partial charge in [-0.2, -0.15) is 0 Å². The normalized spacial score (nSPS) is 14.9. The van der Waals surface area contributed by atoms with E-state index in [2.05, 4.69) is 10.2 Å². The molecule has 0 radical (unpaired) electrons. The van der Waals surface area contributed by atoms with Crippen LogP contribution in [0.1, 0.15) is 12.5 Å². The van der Waals surface area contributed by atoms with E-state index in [1.807, 2.05) is 45.3 Å². The van der Waals surface area contributed by atoms with Crippen molar-refractivity contribution in [3.63, 3.8) is 0 Å². The van der Waals surface area contributed by atoms with E-state index < -0.39 is 5.54 Å². The Kier molecular flexibility index (Phi) is 5.40. The van der Waals surface area contributed by atoms with Gasteiger partial charge in [0.1, 0.15) is 0 Å². The smallest absolute Gasteiger partial charge is 0.0652 e. The number of aliphatic hydroxyl groups excluding tert-OH is 1. The van der Waals surface area contributed by atoms with Crippen LogP contribution in [0.2, 0.25) is 5.02 Å². The number of likely N-dealkylation sites (N-methyl/N-ethyl adjacent to an activating group) is 1. The van der Waals surface area contributed by atoms with Crippen molar-refractivity contribution in [3.8, 4) is 0 Å². The van der Waals surface area contributed by atoms with Gasteiger partial charge >= 0.3 is 0 Å². The molecule has 1 rings (SSSR count). The third kappa shape index (κ3) is 4.28. The van der Waals surface area contributed by atoms with E-state index in [4.69, 9.17) is 11.6 Å². The predicted octanol–water partition coefficient (Wildman–Crippen LogP) is 1.70. The van der Waals surface area contributed by atoms with E-state index in [1.165, 1.54) is 0 Å². The van der Waals surface area contributed by atoms with Crippen molar-refractivity contribution >= 4 is 11.6 Å². The minimum atomic E-state index is -0.444. The summed E-state index contributed by atoms with van der Waals surface area (Å²) < 4.78 is 0. The lowest BCUT2D eigenvalue weighted by Crippen LogP contribution is -2.45. The molecule has 0 heterocycles. The highest BCUT2D eigenvalue weighted by Gasteiger charge is 2.24. The number of aliphatic hydroxyl groups is 1. The quantitative estimate of drug-likeness (QED) is 0.813. The van der Waals surface area contributed by atoms with Crippen molar-refractivity contribution in [3.05, 3.63) is 34.9 Å². The van der Waals surface area contributed by atoms with Crippen molar-refractivity contribution in [1.29, 1.82) is 0 Å². The largest absolute Gasteiger partial charge is 0.394 e. The van der Waals surface area contributed by atoms with E-state index in [0.29, 0.717) is 5.02 Å². The van der Waals surface area contributed by atoms with Crippen LogP contribution in [0.3, 0.4) is 0 Å². The van der Waals surface area contributed by atoms with Gasteiger partial charge in [0.15, 0.2) is 0 Å². The topological polar surface area (TPSA) is 35.5 Å². The predicted molar refractivity (Wildman–Crippen MR) is 72.4 cm³/mol. The second-order valence-corrected chi connectivity index (χ2v) is 5.17. The Balaban J connectivity index is 2.73. The Bertz CT molecular complexity index is 357. The van der Waals surface area contributed by atoms with E-state index in [0.717, 1.165) is 18.7 Å². The van der Waals surface area contributed by atoms with Crippen LogP contribution < -0.4 is 5.32 Å². The second kappa shape index (κ2) is 6.36. The third-order valence-electron chi connectivity index (χ3n) is 2.85. The number of hydrogen-bond acceptors (Lipinski definition) is 3. The fraction of sp³-hybridized carbons (Fsp3) is 0.538. The van der Waals surface area contributed by atoms with Crippen LogP contribution in [0.25, 0.3) is 0 Å². The molecule has 0 aliphatic rings. The number of rotatable bonds is 6. The average molecular weight is 257 g/mol. The first-order valence-electron chi connectivity index (χ1n) is 5.74. The van der Waals surface area contributed by atoms with Gasteiger partial charge in [-0.1, -0.05) is 23.7 Å². The van der Waals surface area contributed by atoms with Gasteiger partial charge in [-0.05, 0) is 38.7 Å². The molecule has 17 heavy (non-hydrogen) atoms. The SMILES string of the molecule is CN(C)CCNC(C)(CO)c1cccc(Cl)c1. The molecule has 3 nitrogen and oxygen atoms in total. The van der Waals surface area contributed by atoms with Gasteiger partial charge in [0.2, 0.25) is 0 Å². The lowest BCUT2D eigenvalue weighted by Gasteiger charge is -2.30. The highest BCUT2D eigenvalue weighted by Crippen LogP contribution is 2.22. The number of nitrogens with zero attached hydrogens (tertiary/aromatic N) is 1. The summed E-state index contributed by atoms with van der Waals surface area (Å²) in [4.78, 5) is 2.10. The number of halogens is 1. The Morgan fingerprint density at radius 2 is 2.12 bits per heavy atom. The summed E-state index contributed by atoms with van der Waals surface area (Å²) in [7, 11) is 4.05. The van der Waals surface area contributed by atoms with Crippen LogP contribution >= 0.6 is 11.6 Å². The molecule has 0 saturated carbocycles. The Labute approximate surface area is 108 Å². The molecule has 2 N–H and O–H groups in total. The molecular formula is C13H21ClN2O. The maximum absolute atomic E-state index is 9.58. The van der Waals surface area contributed by atoms with Gasteiger partial charge in [0.25, 0.3) is 0 Å². The maximum Gasteiger partial charge on any atom is 0.0652 e. The monoisotopic (exact) mass is 256 g/mol. The molecule has 0 amide bonds. The maximum atomic E-state index is 9.58. The number of nitrogens with one attached hydrogen (secondary N) is 1. The lowest BCUT2D eigenvalue weighted by atomic mass is 9.93. The van der Waals surface area contributed by atoms with Crippen LogP contribution in [-0.4, -0.2) is 43.8 Å². The molecule has 0 spiro atoms. The zero-order chi connectivity index (χ0) is 12.9. The summed E-state index contributed by atoms with van der Waals surface area (Å²) in [5, 5.41) is 13.6. The first-order chi connectivity index (χ1) is 7.98. The van der Waals surface area contributed by atoms with Crippen LogP contribution in [0.15, 0.2) is 24.3 Å². The summed E-state index contributed by atoms with van der Waals surface area (Å²) in [6, 6.07) is 7.60. The van der Waals surface area contributed by atoms with Crippen molar-refractivity contribution in [2.75, 3.05) is 33.8 Å². The van der Waals surface area contributed by atoms with Crippen molar-refractivity contribution in [1.82, 2.24) is 10.2 Å². The molecule has 1 aromatic rings. The van der Waals surface area contributed by atoms with Gasteiger partial charge in [-0.15, -0.1) is 0 Å². The fourth-order valence-corrected chi connectivity index (χ4v) is 1.83. The second-order valence-electron chi connectivity index (χ2n) is 4.73. The molecule has 96 valence electrons. The first kappa shape index (κ1) is 14.5. The molecule has 4 heteroatoms. The van der Waals surface area contributed by atoms with E-state index in [-0.39, 0.29) is 6.61 Å². The molecule has 0 fully saturated rings. The van der Waals surface area contributed by atoms with E-state index in [9.17, 15) is 5.11 Å². The van der Waals surface area contributed by atoms with E-state index in [1.54, 1.807) is 0 Å². The number of benzene rings is 1. The van der Waals surface area contributed by atoms with Crippen LogP contribution in [0.5, 0.6) is 0 Å². The van der Waals surface area contributed by atoms with Gasteiger partial charge in [0.05, 0.1) is 12.1 Å². The summed E-state index contributed by atoms with van der Waals surface area (Å²) in [5.74, 6) is 0. The minimum absolute atomic E-state index is 0.0424. The molecule has 0 aliphatic carbocycles. The lowest BCUT2D eigenvalue weighted by molar-refractivity contribution is 0.172. The molecular weight excluding hydrogens is 236 g/mol. The molecule has 1 atom stereocenters. The summed E-state index contributed by atoms with van der Waals surface area (Å²) in [5.41, 5.74) is 0.562. The van der Waals surface area contributed by atoms with Crippen LogP contribution in [0, 0.1) is 0 Å². The Hall–Kier alpha value is -0.610. The zero-order valence-corrected chi connectivity index (χ0v) is 11.5. The van der Waals surface area contributed by atoms with Gasteiger partial charge in [0, 0.05) is 18.1 Å². The number of hydrogen-bond donors (Lipinski definition) is 2. The standard InChI is InChI=1S/C13H21ClN2O/c1-13(10-17,15-7-8-16(2)3)11-5-4-6-12(14)9-11/h4-6,9,15,17H,7-8,10H2,1-3H3. The van der Waals surface area contributed by atoms with Crippen molar-refractivity contribution < 1.29 is 5.11 Å². The van der Waals surface area contributed by atoms with Crippen LogP contribution in [0.4, 0.5) is 0 Å². The summed E-state index contributed by atoms with van der Waals surface area (Å²) in [6.07, 6.45) is 0. The molecule has 0 aliphatic heterocycles. The van der Waals surface area contributed by atoms with Crippen molar-refractivity contribution in [2.45, 2.75) is 12.5 Å². The van der Waals surface area contributed by atoms with Crippen LogP contribution in [-0.2, 0) is 5.54 Å². The summed E-state index contributed by atoms with van der Waals surface area (Å²) in [6.45, 7) is 3.77. The zero-order valence-electron chi connectivity index (χ0n) is 10.7. The van der Waals surface area contributed by atoms with E-state index >= 15 is 0 Å². The van der Waals surface area contributed by atoms with Crippen molar-refractivity contribution in [2.24, 2.45) is 0 Å². The molecule has 1 unspecified atom stereocenters. The molecule has 0 aromatic heterocycles. The highest BCUT2D eigenvalue weighted by molar-refractivity contribution is 6.30. The molecule has 0 saturated heterocycles. The molecule has 0 bridgehead atoms. The Morgan fingerprint density at radius 3 is 2.65 bits per heavy atom. The Morgan fingerprint density at radius 1 is 1.41 bits per heavy atom. The average Bonchev–Trinajstić information content (AvgIpc) is 2.28. The third-order valence-corrected chi connectivity index (χ3v) is 3.09. The fourth-order valence-electron chi connectivity index (χ4n) is 1.64. The van der Waals surface area contributed by atoms with Gasteiger partial charge in [-0.3, -0.25) is 0 Å². The highest BCUT2D eigenvalue weighted by atomic mass is 35.5. The first-order valence-corrected chi connectivity index (χ1v) is 6.12. The van der Waals surface area contributed by atoms with Gasteiger partial charge in [-0.25, -0.2) is 0 Å². The molecule has 1 aromatic carbocycles. The minimum Gasteiger partial charge on any atom is -0.394 e. The summed E-state index contributed by atoms with van der Waals surface area (Å²) >= 11 is 5.97.